The third-order valence-corrected chi connectivity index (χ3v) is 5.21. The van der Waals surface area contributed by atoms with Crippen LogP contribution in [0.4, 0.5) is 18.9 Å². The molecule has 0 fully saturated rings. The van der Waals surface area contributed by atoms with Gasteiger partial charge in [0.2, 0.25) is 0 Å². The summed E-state index contributed by atoms with van der Waals surface area (Å²) in [5.41, 5.74) is 1.86. The molecule has 2 aromatic carbocycles. The van der Waals surface area contributed by atoms with Crippen LogP contribution in [0.5, 0.6) is 0 Å². The topological polar surface area (TPSA) is 49.3 Å². The van der Waals surface area contributed by atoms with Crippen LogP contribution in [0.3, 0.4) is 0 Å². The van der Waals surface area contributed by atoms with Gasteiger partial charge < -0.3 is 10.4 Å². The van der Waals surface area contributed by atoms with E-state index in [1.54, 1.807) is 24.3 Å². The molecule has 4 rings (SSSR count). The molecule has 0 bridgehead atoms. The van der Waals surface area contributed by atoms with Gasteiger partial charge in [-0.1, -0.05) is 24.3 Å². The minimum atomic E-state index is -4.36. The first-order valence-corrected chi connectivity index (χ1v) is 8.32. The molecule has 0 unspecified atom stereocenters. The second-order valence-electron chi connectivity index (χ2n) is 6.70. The number of hydrogen-bond donors (Lipinski definition) is 2. The largest absolute Gasteiger partial charge is 0.478 e. The summed E-state index contributed by atoms with van der Waals surface area (Å²) < 4.78 is 39.2. The molecule has 3 atom stereocenters. The monoisotopic (exact) mass is 359 g/mol. The lowest BCUT2D eigenvalue weighted by atomic mass is 9.76. The lowest BCUT2D eigenvalue weighted by molar-refractivity contribution is -0.137. The highest BCUT2D eigenvalue weighted by molar-refractivity contribution is 5.87. The summed E-state index contributed by atoms with van der Waals surface area (Å²) in [5.74, 6) is -0.974. The molecule has 0 amide bonds. The molecule has 0 aromatic heterocycles. The highest BCUT2D eigenvalue weighted by Crippen LogP contribution is 2.50. The maximum Gasteiger partial charge on any atom is 0.416 e. The standard InChI is InChI=1S/C20H16F3NO2/c21-20(22,23)13-8-9-17-16(10-13)14-2-1-3-15(14)18(24-17)11-4-6-12(7-5-11)19(25)26/h1-2,4-10,14-15,18,24H,3H2,(H,25,26)/t14-,15+,18-/m0/s1. The molecule has 6 heteroatoms. The van der Waals surface area contributed by atoms with Gasteiger partial charge in [-0.3, -0.25) is 0 Å². The second kappa shape index (κ2) is 5.90. The Labute approximate surface area is 148 Å². The molecule has 1 heterocycles. The van der Waals surface area contributed by atoms with Crippen LogP contribution in [-0.2, 0) is 6.18 Å². The minimum absolute atomic E-state index is 0.0814. The fourth-order valence-electron chi connectivity index (χ4n) is 3.93. The van der Waals surface area contributed by atoms with Crippen LogP contribution in [0.2, 0.25) is 0 Å². The van der Waals surface area contributed by atoms with Crippen molar-refractivity contribution in [1.29, 1.82) is 0 Å². The van der Waals surface area contributed by atoms with Crippen LogP contribution in [0, 0.1) is 5.92 Å². The van der Waals surface area contributed by atoms with E-state index in [1.165, 1.54) is 12.1 Å². The highest BCUT2D eigenvalue weighted by atomic mass is 19.4. The van der Waals surface area contributed by atoms with E-state index in [9.17, 15) is 18.0 Å². The van der Waals surface area contributed by atoms with Crippen molar-refractivity contribution in [3.05, 3.63) is 76.9 Å². The third-order valence-electron chi connectivity index (χ3n) is 5.21. The number of allylic oxidation sites excluding steroid dienone is 2. The number of aromatic carboxylic acids is 1. The molecule has 0 saturated carbocycles. The van der Waals surface area contributed by atoms with Crippen molar-refractivity contribution in [2.45, 2.75) is 24.6 Å². The normalized spacial score (nSPS) is 23.9. The number of fused-ring (bicyclic) bond motifs is 3. The summed E-state index contributed by atoms with van der Waals surface area (Å²) in [6.07, 6.45) is 0.378. The lowest BCUT2D eigenvalue weighted by Crippen LogP contribution is -2.29. The molecule has 3 nitrogen and oxygen atoms in total. The molecule has 1 aliphatic carbocycles. The van der Waals surface area contributed by atoms with Crippen molar-refractivity contribution in [1.82, 2.24) is 0 Å². The van der Waals surface area contributed by atoms with Crippen LogP contribution in [0.15, 0.2) is 54.6 Å². The maximum atomic E-state index is 13.1. The van der Waals surface area contributed by atoms with E-state index in [4.69, 9.17) is 5.11 Å². The molecular formula is C20H16F3NO2. The average molecular weight is 359 g/mol. The first-order valence-electron chi connectivity index (χ1n) is 8.32. The molecule has 2 aliphatic rings. The molecule has 0 radical (unpaired) electrons. The predicted octanol–water partition coefficient (Wildman–Crippen LogP) is 5.23. The van der Waals surface area contributed by atoms with E-state index in [-0.39, 0.29) is 23.4 Å². The van der Waals surface area contributed by atoms with Gasteiger partial charge in [0, 0.05) is 11.6 Å². The van der Waals surface area contributed by atoms with E-state index in [2.05, 4.69) is 5.32 Å². The van der Waals surface area contributed by atoms with Crippen molar-refractivity contribution in [3.8, 4) is 0 Å². The summed E-state index contributed by atoms with van der Waals surface area (Å²) in [6, 6.07) is 10.4. The summed E-state index contributed by atoms with van der Waals surface area (Å²) in [7, 11) is 0. The minimum Gasteiger partial charge on any atom is -0.478 e. The molecular weight excluding hydrogens is 343 g/mol. The van der Waals surface area contributed by atoms with Crippen molar-refractivity contribution < 1.29 is 23.1 Å². The Morgan fingerprint density at radius 3 is 2.50 bits per heavy atom. The summed E-state index contributed by atoms with van der Waals surface area (Å²) >= 11 is 0. The van der Waals surface area contributed by atoms with Crippen molar-refractivity contribution >= 4 is 11.7 Å². The average Bonchev–Trinajstić information content (AvgIpc) is 3.10. The van der Waals surface area contributed by atoms with E-state index in [1.807, 2.05) is 12.2 Å². The van der Waals surface area contributed by atoms with Gasteiger partial charge in [0.05, 0.1) is 17.2 Å². The Morgan fingerprint density at radius 2 is 1.85 bits per heavy atom. The Bertz CT molecular complexity index is 887. The maximum absolute atomic E-state index is 13.1. The van der Waals surface area contributed by atoms with Gasteiger partial charge in [0.25, 0.3) is 0 Å². The highest BCUT2D eigenvalue weighted by Gasteiger charge is 2.39. The van der Waals surface area contributed by atoms with Gasteiger partial charge in [0.1, 0.15) is 0 Å². The van der Waals surface area contributed by atoms with Crippen LogP contribution < -0.4 is 5.32 Å². The number of anilines is 1. The Hall–Kier alpha value is -2.76. The molecule has 1 aliphatic heterocycles. The van der Waals surface area contributed by atoms with Gasteiger partial charge in [-0.25, -0.2) is 4.79 Å². The number of benzene rings is 2. The number of nitrogens with one attached hydrogen (secondary N) is 1. The number of carbonyl (C=O) groups is 1. The zero-order valence-electron chi connectivity index (χ0n) is 13.6. The molecule has 134 valence electrons. The van der Waals surface area contributed by atoms with E-state index < -0.39 is 17.7 Å². The van der Waals surface area contributed by atoms with Gasteiger partial charge in [-0.05, 0) is 53.8 Å². The van der Waals surface area contributed by atoms with E-state index in [0.717, 1.165) is 18.1 Å². The number of halogens is 3. The third kappa shape index (κ3) is 2.75. The Balaban J connectivity index is 1.72. The fourth-order valence-corrected chi connectivity index (χ4v) is 3.93. The summed E-state index contributed by atoms with van der Waals surface area (Å²) in [6.45, 7) is 0. The second-order valence-corrected chi connectivity index (χ2v) is 6.70. The van der Waals surface area contributed by atoms with Gasteiger partial charge in [0.15, 0.2) is 0 Å². The molecule has 26 heavy (non-hydrogen) atoms. The van der Waals surface area contributed by atoms with Gasteiger partial charge in [-0.2, -0.15) is 13.2 Å². The Morgan fingerprint density at radius 1 is 1.12 bits per heavy atom. The first kappa shape index (κ1) is 16.7. The van der Waals surface area contributed by atoms with Crippen LogP contribution in [0.1, 0.15) is 45.4 Å². The molecule has 0 saturated heterocycles. The lowest BCUT2D eigenvalue weighted by Gasteiger charge is -2.38. The number of carboxylic acids is 1. The zero-order valence-corrected chi connectivity index (χ0v) is 13.6. The molecule has 2 N–H and O–H groups in total. The fraction of sp³-hybridized carbons (Fsp3) is 0.250. The van der Waals surface area contributed by atoms with Crippen LogP contribution in [-0.4, -0.2) is 11.1 Å². The van der Waals surface area contributed by atoms with Crippen molar-refractivity contribution in [2.24, 2.45) is 5.92 Å². The van der Waals surface area contributed by atoms with E-state index >= 15 is 0 Å². The van der Waals surface area contributed by atoms with Gasteiger partial charge >= 0.3 is 12.1 Å². The Kier molecular flexibility index (Phi) is 3.79. The number of alkyl halides is 3. The zero-order chi connectivity index (χ0) is 18.5. The van der Waals surface area contributed by atoms with Crippen LogP contribution >= 0.6 is 0 Å². The number of carboxylic acid groups (broad SMARTS) is 1. The smallest absolute Gasteiger partial charge is 0.416 e. The van der Waals surface area contributed by atoms with Crippen molar-refractivity contribution in [3.63, 3.8) is 0 Å². The van der Waals surface area contributed by atoms with Gasteiger partial charge in [-0.15, -0.1) is 0 Å². The number of rotatable bonds is 2. The first-order chi connectivity index (χ1) is 12.3. The molecule has 0 spiro atoms. The summed E-state index contributed by atoms with van der Waals surface area (Å²) in [5, 5.41) is 12.4. The van der Waals surface area contributed by atoms with E-state index in [0.29, 0.717) is 11.3 Å². The van der Waals surface area contributed by atoms with Crippen molar-refractivity contribution in [2.75, 3.05) is 5.32 Å². The van der Waals surface area contributed by atoms with Crippen LogP contribution in [0.25, 0.3) is 0 Å². The summed E-state index contributed by atoms with van der Waals surface area (Å²) in [4.78, 5) is 11.0. The predicted molar refractivity (Wildman–Crippen MR) is 91.2 cm³/mol. The quantitative estimate of drug-likeness (QED) is 0.722. The number of hydrogen-bond acceptors (Lipinski definition) is 2. The SMILES string of the molecule is O=C(O)c1ccc([C@@H]2Nc3ccc(C(F)(F)F)cc3[C@H]3C=CC[C@H]32)cc1. The molecule has 2 aromatic rings.